The minimum atomic E-state index is -1.29. The third kappa shape index (κ3) is 6.86. The Morgan fingerprint density at radius 3 is 2.52 bits per heavy atom. The molecule has 1 atom stereocenters. The van der Waals surface area contributed by atoms with E-state index in [4.69, 9.17) is 9.47 Å². The Hall–Kier alpha value is -1.89. The smallest absolute Gasteiger partial charge is 0.258 e. The van der Waals surface area contributed by atoms with Crippen molar-refractivity contribution in [3.63, 3.8) is 0 Å². The van der Waals surface area contributed by atoms with Crippen LogP contribution in [0.15, 0.2) is 18.2 Å². The fourth-order valence-electron chi connectivity index (χ4n) is 2.21. The van der Waals surface area contributed by atoms with Gasteiger partial charge in [0.25, 0.3) is 5.91 Å². The molecule has 0 fully saturated rings. The van der Waals surface area contributed by atoms with Crippen molar-refractivity contribution >= 4 is 23.6 Å². The predicted octanol–water partition coefficient (Wildman–Crippen LogP) is 1.36. The number of hydrogen-bond acceptors (Lipinski definition) is 6. The Labute approximate surface area is 153 Å². The molecule has 0 radical (unpaired) electrons. The number of carbonyl (C=O) groups excluding carboxylic acids is 2. The van der Waals surface area contributed by atoms with Crippen molar-refractivity contribution in [1.82, 2.24) is 5.32 Å². The van der Waals surface area contributed by atoms with Crippen LogP contribution >= 0.6 is 11.8 Å². The maximum atomic E-state index is 12.0. The number of carbonyl (C=O) groups is 2. The number of methoxy groups -OCH3 is 1. The van der Waals surface area contributed by atoms with Crippen LogP contribution in [0.5, 0.6) is 11.5 Å². The van der Waals surface area contributed by atoms with E-state index in [1.54, 1.807) is 19.2 Å². The van der Waals surface area contributed by atoms with Gasteiger partial charge in [0.2, 0.25) is 0 Å². The summed E-state index contributed by atoms with van der Waals surface area (Å²) in [5.41, 5.74) is 0.699. The first-order chi connectivity index (χ1) is 11.7. The van der Waals surface area contributed by atoms with Crippen molar-refractivity contribution in [2.24, 2.45) is 0 Å². The zero-order valence-electron chi connectivity index (χ0n) is 15.4. The first-order valence-corrected chi connectivity index (χ1v) is 9.39. The lowest BCUT2D eigenvalue weighted by atomic mass is 9.86. The molecule has 1 rings (SSSR count). The zero-order chi connectivity index (χ0) is 19.0. The Morgan fingerprint density at radius 2 is 2.00 bits per heavy atom. The van der Waals surface area contributed by atoms with Gasteiger partial charge in [-0.25, -0.2) is 0 Å². The molecular formula is C18H26NO5S-. The van der Waals surface area contributed by atoms with E-state index in [9.17, 15) is 14.7 Å². The van der Waals surface area contributed by atoms with Crippen molar-refractivity contribution in [1.29, 1.82) is 0 Å². The van der Waals surface area contributed by atoms with Crippen molar-refractivity contribution in [2.45, 2.75) is 38.6 Å². The van der Waals surface area contributed by atoms with E-state index in [1.807, 2.05) is 33.1 Å². The van der Waals surface area contributed by atoms with E-state index in [2.05, 4.69) is 5.32 Å². The summed E-state index contributed by atoms with van der Waals surface area (Å²) in [6.07, 6.45) is 2.18. The van der Waals surface area contributed by atoms with Crippen LogP contribution in [0.1, 0.15) is 32.8 Å². The van der Waals surface area contributed by atoms with Crippen LogP contribution in [-0.2, 0) is 15.0 Å². The molecule has 6 nitrogen and oxygen atoms in total. The summed E-state index contributed by atoms with van der Waals surface area (Å²) in [7, 11) is 1.59. The molecule has 1 aromatic carbocycles. The highest BCUT2D eigenvalue weighted by Crippen LogP contribution is 2.34. The van der Waals surface area contributed by atoms with E-state index in [0.29, 0.717) is 23.7 Å². The average molecular weight is 368 g/mol. The molecule has 0 spiro atoms. The molecule has 0 heterocycles. The van der Waals surface area contributed by atoms with Crippen LogP contribution in [0.25, 0.3) is 0 Å². The number of aliphatic carboxylic acids is 1. The second kappa shape index (κ2) is 9.56. The second-order valence-electron chi connectivity index (χ2n) is 6.62. The molecule has 7 heteroatoms. The van der Waals surface area contributed by atoms with Crippen LogP contribution in [0.2, 0.25) is 0 Å². The maximum Gasteiger partial charge on any atom is 0.258 e. The molecule has 0 bridgehead atoms. The normalized spacial score (nSPS) is 12.4. The SMILES string of the molecule is COc1ccc(OCC(=O)N[C@@H](CCSC)C(=O)[O-])c(C(C)(C)C)c1. The lowest BCUT2D eigenvalue weighted by Gasteiger charge is -2.24. The average Bonchev–Trinajstić information content (AvgIpc) is 2.55. The standard InChI is InChI=1S/C18H27NO5S/c1-18(2,3)13-10-12(23-4)6-7-15(13)24-11-16(20)19-14(17(21)22)8-9-25-5/h6-7,10,14H,8-9,11H2,1-5H3,(H,19,20)(H,21,22)/p-1/t14-/m0/s1. The summed E-state index contributed by atoms with van der Waals surface area (Å²) in [6.45, 7) is 5.83. The van der Waals surface area contributed by atoms with Gasteiger partial charge in [-0.3, -0.25) is 4.79 Å². The molecule has 0 aromatic heterocycles. The van der Waals surface area contributed by atoms with Crippen LogP contribution in [-0.4, -0.2) is 43.6 Å². The van der Waals surface area contributed by atoms with Gasteiger partial charge in [-0.1, -0.05) is 20.8 Å². The number of thioether (sulfide) groups is 1. The minimum Gasteiger partial charge on any atom is -0.548 e. The molecule has 1 N–H and O–H groups in total. The highest BCUT2D eigenvalue weighted by molar-refractivity contribution is 7.98. The lowest BCUT2D eigenvalue weighted by Crippen LogP contribution is -2.49. The number of hydrogen-bond donors (Lipinski definition) is 1. The molecule has 1 aromatic rings. The Morgan fingerprint density at radius 1 is 1.32 bits per heavy atom. The molecule has 25 heavy (non-hydrogen) atoms. The highest BCUT2D eigenvalue weighted by Gasteiger charge is 2.21. The number of ether oxygens (including phenoxy) is 2. The summed E-state index contributed by atoms with van der Waals surface area (Å²) in [6, 6.07) is 4.36. The van der Waals surface area contributed by atoms with Gasteiger partial charge < -0.3 is 24.7 Å². The van der Waals surface area contributed by atoms with E-state index in [1.165, 1.54) is 11.8 Å². The first kappa shape index (κ1) is 21.2. The summed E-state index contributed by atoms with van der Waals surface area (Å²) < 4.78 is 10.9. The molecule has 1 amide bonds. The van der Waals surface area contributed by atoms with E-state index < -0.39 is 17.9 Å². The molecule has 0 aliphatic heterocycles. The third-order valence-corrected chi connectivity index (χ3v) is 4.23. The molecule has 0 saturated carbocycles. The fraction of sp³-hybridized carbons (Fsp3) is 0.556. The van der Waals surface area contributed by atoms with Gasteiger partial charge in [0.05, 0.1) is 19.1 Å². The molecule has 0 aliphatic carbocycles. The Kier molecular flexibility index (Phi) is 8.09. The summed E-state index contributed by atoms with van der Waals surface area (Å²) in [5, 5.41) is 13.5. The first-order valence-electron chi connectivity index (χ1n) is 7.99. The lowest BCUT2D eigenvalue weighted by molar-refractivity contribution is -0.308. The number of amides is 1. The molecular weight excluding hydrogens is 342 g/mol. The predicted molar refractivity (Wildman–Crippen MR) is 97.1 cm³/mol. The van der Waals surface area contributed by atoms with Crippen molar-refractivity contribution in [2.75, 3.05) is 25.7 Å². The van der Waals surface area contributed by atoms with Gasteiger partial charge >= 0.3 is 0 Å². The monoisotopic (exact) mass is 368 g/mol. The number of carboxylic acid groups (broad SMARTS) is 1. The van der Waals surface area contributed by atoms with Gasteiger partial charge in [-0.05, 0) is 42.0 Å². The molecule has 0 unspecified atom stereocenters. The van der Waals surface area contributed by atoms with Crippen molar-refractivity contribution in [3.05, 3.63) is 23.8 Å². The van der Waals surface area contributed by atoms with Crippen LogP contribution < -0.4 is 19.9 Å². The summed E-state index contributed by atoms with van der Waals surface area (Å²) in [5.74, 6) is 0.105. The largest absolute Gasteiger partial charge is 0.548 e. The third-order valence-electron chi connectivity index (χ3n) is 3.58. The molecule has 140 valence electrons. The minimum absolute atomic E-state index is 0.202. The molecule has 0 aliphatic rings. The topological polar surface area (TPSA) is 87.7 Å². The highest BCUT2D eigenvalue weighted by atomic mass is 32.2. The van der Waals surface area contributed by atoms with Gasteiger partial charge in [-0.2, -0.15) is 11.8 Å². The number of nitrogens with one attached hydrogen (secondary N) is 1. The Bertz CT molecular complexity index is 598. The fourth-order valence-corrected chi connectivity index (χ4v) is 2.68. The van der Waals surface area contributed by atoms with Gasteiger partial charge in [0.1, 0.15) is 11.5 Å². The number of benzene rings is 1. The van der Waals surface area contributed by atoms with Gasteiger partial charge in [0.15, 0.2) is 6.61 Å². The quantitative estimate of drug-likeness (QED) is 0.708. The van der Waals surface area contributed by atoms with Crippen molar-refractivity contribution in [3.8, 4) is 11.5 Å². The number of rotatable bonds is 9. The van der Waals surface area contributed by atoms with Crippen LogP contribution in [0.4, 0.5) is 0 Å². The molecule has 0 saturated heterocycles. The van der Waals surface area contributed by atoms with E-state index >= 15 is 0 Å². The van der Waals surface area contributed by atoms with Crippen LogP contribution in [0.3, 0.4) is 0 Å². The van der Waals surface area contributed by atoms with Gasteiger partial charge in [0, 0.05) is 5.56 Å². The van der Waals surface area contributed by atoms with E-state index in [-0.39, 0.29) is 12.0 Å². The van der Waals surface area contributed by atoms with Gasteiger partial charge in [-0.15, -0.1) is 0 Å². The van der Waals surface area contributed by atoms with E-state index in [0.717, 1.165) is 5.56 Å². The Balaban J connectivity index is 2.76. The number of carboxylic acids is 1. The summed E-state index contributed by atoms with van der Waals surface area (Å²) in [4.78, 5) is 23.1. The maximum absolute atomic E-state index is 12.0. The van der Waals surface area contributed by atoms with Crippen LogP contribution in [0, 0.1) is 0 Å². The summed E-state index contributed by atoms with van der Waals surface area (Å²) >= 11 is 1.51. The zero-order valence-corrected chi connectivity index (χ0v) is 16.2. The second-order valence-corrected chi connectivity index (χ2v) is 7.61. The van der Waals surface area contributed by atoms with Crippen molar-refractivity contribution < 1.29 is 24.2 Å².